The zero-order valence-corrected chi connectivity index (χ0v) is 14.5. The van der Waals surface area contributed by atoms with Crippen LogP contribution >= 0.6 is 0 Å². The molecule has 0 unspecified atom stereocenters. The predicted molar refractivity (Wildman–Crippen MR) is 93.1 cm³/mol. The number of carbonyl (C=O) groups is 2. The van der Waals surface area contributed by atoms with Crippen LogP contribution in [0.5, 0.6) is 0 Å². The first-order valence-corrected chi connectivity index (χ1v) is 9.10. The van der Waals surface area contributed by atoms with E-state index in [-0.39, 0.29) is 30.0 Å². The number of nitrogens with zero attached hydrogens (tertiary/aromatic N) is 2. The smallest absolute Gasteiger partial charge is 0.227 e. The van der Waals surface area contributed by atoms with Gasteiger partial charge in [0.1, 0.15) is 5.82 Å². The number of hydrogen-bond donors (Lipinski definition) is 1. The molecule has 2 amide bonds. The number of nitrogens with two attached hydrogens (primary N) is 1. The highest BCUT2D eigenvalue weighted by atomic mass is 19.1. The highest BCUT2D eigenvalue weighted by Gasteiger charge is 2.36. The molecule has 1 heterocycles. The van der Waals surface area contributed by atoms with Gasteiger partial charge in [0.25, 0.3) is 0 Å². The van der Waals surface area contributed by atoms with Crippen molar-refractivity contribution >= 4 is 11.8 Å². The monoisotopic (exact) mass is 347 g/mol. The Bertz CT molecular complexity index is 629. The van der Waals surface area contributed by atoms with Crippen molar-refractivity contribution in [3.05, 3.63) is 35.6 Å². The highest BCUT2D eigenvalue weighted by molar-refractivity contribution is 5.81. The Labute approximate surface area is 148 Å². The van der Waals surface area contributed by atoms with E-state index >= 15 is 0 Å². The molecule has 6 heteroatoms. The van der Waals surface area contributed by atoms with E-state index in [9.17, 15) is 14.0 Å². The maximum atomic E-state index is 13.7. The van der Waals surface area contributed by atoms with Gasteiger partial charge in [0, 0.05) is 32.1 Å². The van der Waals surface area contributed by atoms with Crippen molar-refractivity contribution in [1.82, 2.24) is 9.80 Å². The van der Waals surface area contributed by atoms with Gasteiger partial charge in [-0.25, -0.2) is 4.39 Å². The summed E-state index contributed by atoms with van der Waals surface area (Å²) >= 11 is 0. The Morgan fingerprint density at radius 3 is 2.44 bits per heavy atom. The van der Waals surface area contributed by atoms with Gasteiger partial charge in [-0.15, -0.1) is 0 Å². The fourth-order valence-electron chi connectivity index (χ4n) is 3.97. The van der Waals surface area contributed by atoms with E-state index in [1.807, 2.05) is 4.90 Å². The molecule has 1 aliphatic heterocycles. The molecule has 3 rings (SSSR count). The first-order chi connectivity index (χ1) is 12.1. The molecular weight excluding hydrogens is 321 g/mol. The number of benzene rings is 1. The highest BCUT2D eigenvalue weighted by Crippen LogP contribution is 2.32. The van der Waals surface area contributed by atoms with E-state index in [1.54, 1.807) is 23.1 Å². The molecule has 2 aliphatic rings. The molecule has 1 saturated carbocycles. The zero-order chi connectivity index (χ0) is 17.8. The summed E-state index contributed by atoms with van der Waals surface area (Å²) in [6, 6.07) is 6.36. The molecule has 0 bridgehead atoms. The summed E-state index contributed by atoms with van der Waals surface area (Å²) in [6.07, 6.45) is 3.10. The van der Waals surface area contributed by atoms with Gasteiger partial charge >= 0.3 is 0 Å². The Balaban J connectivity index is 1.52. The standard InChI is InChI=1S/C19H26FN3O2/c20-17-7-2-1-4-14(17)12-18(24)22-8-10-23(11-9-22)19(25)16-6-3-5-15(16)13-21/h1-2,4,7,15-16H,3,5-6,8-13,21H2/t15-,16-/m1/s1. The fraction of sp³-hybridized carbons (Fsp3) is 0.579. The predicted octanol–water partition coefficient (Wildman–Crippen LogP) is 1.41. The molecule has 0 radical (unpaired) electrons. The van der Waals surface area contributed by atoms with Crippen LogP contribution in [0.4, 0.5) is 4.39 Å². The lowest BCUT2D eigenvalue weighted by Crippen LogP contribution is -2.52. The van der Waals surface area contributed by atoms with Gasteiger partial charge in [-0.2, -0.15) is 0 Å². The van der Waals surface area contributed by atoms with Crippen molar-refractivity contribution in [3.8, 4) is 0 Å². The molecule has 1 aliphatic carbocycles. The second kappa shape index (κ2) is 7.95. The van der Waals surface area contributed by atoms with E-state index in [0.29, 0.717) is 44.2 Å². The molecule has 136 valence electrons. The molecule has 2 fully saturated rings. The van der Waals surface area contributed by atoms with Gasteiger partial charge in [-0.1, -0.05) is 24.6 Å². The van der Waals surface area contributed by atoms with Crippen molar-refractivity contribution < 1.29 is 14.0 Å². The van der Waals surface area contributed by atoms with Crippen molar-refractivity contribution in [2.75, 3.05) is 32.7 Å². The number of amides is 2. The quantitative estimate of drug-likeness (QED) is 0.896. The molecule has 2 atom stereocenters. The fourth-order valence-corrected chi connectivity index (χ4v) is 3.97. The van der Waals surface area contributed by atoms with Gasteiger partial charge < -0.3 is 15.5 Å². The van der Waals surface area contributed by atoms with Gasteiger partial charge in [0.15, 0.2) is 0 Å². The van der Waals surface area contributed by atoms with Crippen molar-refractivity contribution in [3.63, 3.8) is 0 Å². The lowest BCUT2D eigenvalue weighted by atomic mass is 9.94. The Hall–Kier alpha value is -1.95. The minimum atomic E-state index is -0.348. The lowest BCUT2D eigenvalue weighted by Gasteiger charge is -2.36. The van der Waals surface area contributed by atoms with Crippen LogP contribution in [0.1, 0.15) is 24.8 Å². The Morgan fingerprint density at radius 2 is 1.76 bits per heavy atom. The van der Waals surface area contributed by atoms with Crippen LogP contribution in [0, 0.1) is 17.7 Å². The van der Waals surface area contributed by atoms with Crippen LogP contribution in [0.25, 0.3) is 0 Å². The van der Waals surface area contributed by atoms with Crippen LogP contribution in [0.2, 0.25) is 0 Å². The number of halogens is 1. The number of rotatable bonds is 4. The lowest BCUT2D eigenvalue weighted by molar-refractivity contribution is -0.142. The number of carbonyl (C=O) groups excluding carboxylic acids is 2. The molecule has 1 aromatic carbocycles. The molecule has 0 aromatic heterocycles. The van der Waals surface area contributed by atoms with Crippen LogP contribution in [-0.4, -0.2) is 54.3 Å². The maximum Gasteiger partial charge on any atom is 0.227 e. The first-order valence-electron chi connectivity index (χ1n) is 9.10. The summed E-state index contributed by atoms with van der Waals surface area (Å²) in [4.78, 5) is 28.7. The second-order valence-electron chi connectivity index (χ2n) is 7.01. The molecule has 25 heavy (non-hydrogen) atoms. The summed E-state index contributed by atoms with van der Waals surface area (Å²) in [5, 5.41) is 0. The van der Waals surface area contributed by atoms with Gasteiger partial charge in [-0.05, 0) is 36.9 Å². The number of piperazine rings is 1. The average Bonchev–Trinajstić information content (AvgIpc) is 3.12. The normalized spacial score (nSPS) is 23.8. The SMILES string of the molecule is NC[C@H]1CCC[C@H]1C(=O)N1CCN(C(=O)Cc2ccccc2F)CC1. The van der Waals surface area contributed by atoms with Crippen LogP contribution in [0.3, 0.4) is 0 Å². The van der Waals surface area contributed by atoms with Crippen molar-refractivity contribution in [2.45, 2.75) is 25.7 Å². The van der Waals surface area contributed by atoms with E-state index < -0.39 is 0 Å². The van der Waals surface area contributed by atoms with Gasteiger partial charge in [0.2, 0.25) is 11.8 Å². The molecule has 0 spiro atoms. The minimum absolute atomic E-state index is 0.0469. The van der Waals surface area contributed by atoms with Gasteiger partial charge in [0.05, 0.1) is 6.42 Å². The maximum absolute atomic E-state index is 13.7. The summed E-state index contributed by atoms with van der Waals surface area (Å²) in [5.74, 6) is 0.102. The summed E-state index contributed by atoms with van der Waals surface area (Å²) < 4.78 is 13.7. The second-order valence-corrected chi connectivity index (χ2v) is 7.01. The minimum Gasteiger partial charge on any atom is -0.339 e. The molecule has 2 N–H and O–H groups in total. The first kappa shape index (κ1) is 17.9. The third-order valence-corrected chi connectivity index (χ3v) is 5.52. The van der Waals surface area contributed by atoms with Crippen LogP contribution in [-0.2, 0) is 16.0 Å². The van der Waals surface area contributed by atoms with E-state index in [1.165, 1.54) is 6.07 Å². The third-order valence-electron chi connectivity index (χ3n) is 5.52. The van der Waals surface area contributed by atoms with Crippen LogP contribution in [0.15, 0.2) is 24.3 Å². The molecular formula is C19H26FN3O2. The molecule has 5 nitrogen and oxygen atoms in total. The Morgan fingerprint density at radius 1 is 1.08 bits per heavy atom. The third kappa shape index (κ3) is 4.00. The Kier molecular flexibility index (Phi) is 5.68. The molecule has 1 saturated heterocycles. The summed E-state index contributed by atoms with van der Waals surface area (Å²) in [7, 11) is 0. The topological polar surface area (TPSA) is 66.6 Å². The summed E-state index contributed by atoms with van der Waals surface area (Å²) in [5.41, 5.74) is 6.20. The van der Waals surface area contributed by atoms with Crippen LogP contribution < -0.4 is 5.73 Å². The van der Waals surface area contributed by atoms with Gasteiger partial charge in [-0.3, -0.25) is 9.59 Å². The van der Waals surface area contributed by atoms with E-state index in [4.69, 9.17) is 5.73 Å². The van der Waals surface area contributed by atoms with Crippen molar-refractivity contribution in [2.24, 2.45) is 17.6 Å². The average molecular weight is 347 g/mol. The molecule has 1 aromatic rings. The van der Waals surface area contributed by atoms with E-state index in [2.05, 4.69) is 0 Å². The number of hydrogen-bond acceptors (Lipinski definition) is 3. The van der Waals surface area contributed by atoms with E-state index in [0.717, 1.165) is 19.3 Å². The zero-order valence-electron chi connectivity index (χ0n) is 14.5. The largest absolute Gasteiger partial charge is 0.339 e. The van der Waals surface area contributed by atoms with Crippen molar-refractivity contribution in [1.29, 1.82) is 0 Å². The summed E-state index contributed by atoms with van der Waals surface area (Å²) in [6.45, 7) is 2.70.